The lowest BCUT2D eigenvalue weighted by Gasteiger charge is -2.24. The van der Waals surface area contributed by atoms with Gasteiger partial charge in [0.1, 0.15) is 17.7 Å². The van der Waals surface area contributed by atoms with Crippen LogP contribution >= 0.6 is 0 Å². The maximum absolute atomic E-state index is 13.8. The van der Waals surface area contributed by atoms with Crippen molar-refractivity contribution in [1.82, 2.24) is 5.32 Å². The third-order valence-corrected chi connectivity index (χ3v) is 3.24. The molecule has 2 amide bonds. The smallest absolute Gasteiger partial charge is 0.249 e. The van der Waals surface area contributed by atoms with Crippen LogP contribution in [0.4, 0.5) is 14.5 Å². The highest BCUT2D eigenvalue weighted by atomic mass is 19.1. The molecule has 1 aromatic carbocycles. The van der Waals surface area contributed by atoms with E-state index in [2.05, 4.69) is 5.32 Å². The van der Waals surface area contributed by atoms with Crippen LogP contribution in [0, 0.1) is 11.6 Å². The van der Waals surface area contributed by atoms with Gasteiger partial charge in [0.2, 0.25) is 11.8 Å². The molecule has 1 aliphatic heterocycles. The standard InChI is InChI=1S/C14H16F2N2O2/c1-2-3-11-14(20)18(7-6-13(19)17-11)12-8-9(15)4-5-10(12)16/h4-5,8,11H,2-3,6-7H2,1H3,(H,17,19). The molecule has 6 heteroatoms. The third-order valence-electron chi connectivity index (χ3n) is 3.24. The molecule has 108 valence electrons. The zero-order valence-corrected chi connectivity index (χ0v) is 11.2. The molecule has 4 nitrogen and oxygen atoms in total. The average molecular weight is 282 g/mol. The largest absolute Gasteiger partial charge is 0.344 e. The maximum atomic E-state index is 13.8. The predicted octanol–water partition coefficient (Wildman–Crippen LogP) is 1.99. The first-order chi connectivity index (χ1) is 9.52. The molecule has 1 fully saturated rings. The van der Waals surface area contributed by atoms with Gasteiger partial charge in [-0.05, 0) is 18.6 Å². The van der Waals surface area contributed by atoms with Gasteiger partial charge in [-0.25, -0.2) is 8.78 Å². The van der Waals surface area contributed by atoms with Crippen molar-refractivity contribution in [3.05, 3.63) is 29.8 Å². The number of halogens is 2. The van der Waals surface area contributed by atoms with E-state index >= 15 is 0 Å². The lowest BCUT2D eigenvalue weighted by molar-refractivity contribution is -0.125. The van der Waals surface area contributed by atoms with Gasteiger partial charge >= 0.3 is 0 Å². The lowest BCUT2D eigenvalue weighted by atomic mass is 10.1. The highest BCUT2D eigenvalue weighted by Gasteiger charge is 2.31. The molecule has 1 heterocycles. The second-order valence-electron chi connectivity index (χ2n) is 4.74. The van der Waals surface area contributed by atoms with Crippen LogP contribution in [0.25, 0.3) is 0 Å². The van der Waals surface area contributed by atoms with Crippen LogP contribution in [0.2, 0.25) is 0 Å². The SMILES string of the molecule is CCCC1NC(=O)CCN(c2cc(F)ccc2F)C1=O. The molecule has 0 aromatic heterocycles. The van der Waals surface area contributed by atoms with Gasteiger partial charge in [-0.1, -0.05) is 13.3 Å². The van der Waals surface area contributed by atoms with E-state index < -0.39 is 23.6 Å². The molecular formula is C14H16F2N2O2. The first kappa shape index (κ1) is 14.4. The fourth-order valence-electron chi connectivity index (χ4n) is 2.26. The first-order valence-corrected chi connectivity index (χ1v) is 6.58. The number of carbonyl (C=O) groups is 2. The Kier molecular flexibility index (Phi) is 4.32. The lowest BCUT2D eigenvalue weighted by Crippen LogP contribution is -2.45. The molecule has 20 heavy (non-hydrogen) atoms. The monoisotopic (exact) mass is 282 g/mol. The summed E-state index contributed by atoms with van der Waals surface area (Å²) in [5, 5.41) is 2.62. The number of hydrogen-bond acceptors (Lipinski definition) is 2. The van der Waals surface area contributed by atoms with Gasteiger partial charge in [-0.2, -0.15) is 0 Å². The summed E-state index contributed by atoms with van der Waals surface area (Å²) in [5.41, 5.74) is -0.118. The van der Waals surface area contributed by atoms with Gasteiger partial charge in [0, 0.05) is 19.0 Å². The van der Waals surface area contributed by atoms with Crippen LogP contribution in [-0.4, -0.2) is 24.4 Å². The Bertz CT molecular complexity index is 534. The number of benzene rings is 1. The molecule has 1 atom stereocenters. The Hall–Kier alpha value is -1.98. The molecule has 1 aromatic rings. The Labute approximate surface area is 115 Å². The van der Waals surface area contributed by atoms with E-state index in [-0.39, 0.29) is 24.6 Å². The molecule has 0 aliphatic carbocycles. The normalized spacial score (nSPS) is 19.8. The molecule has 1 aliphatic rings. The fourth-order valence-corrected chi connectivity index (χ4v) is 2.26. The van der Waals surface area contributed by atoms with Crippen molar-refractivity contribution < 1.29 is 18.4 Å². The average Bonchev–Trinajstić information content (AvgIpc) is 2.54. The Morgan fingerprint density at radius 1 is 1.35 bits per heavy atom. The molecule has 0 saturated carbocycles. The molecule has 1 unspecified atom stereocenters. The summed E-state index contributed by atoms with van der Waals surface area (Å²) in [6.07, 6.45) is 1.25. The Morgan fingerprint density at radius 3 is 2.80 bits per heavy atom. The van der Waals surface area contributed by atoms with E-state index in [1.807, 2.05) is 6.92 Å². The van der Waals surface area contributed by atoms with Crippen molar-refractivity contribution in [1.29, 1.82) is 0 Å². The van der Waals surface area contributed by atoms with Gasteiger partial charge in [0.25, 0.3) is 0 Å². The zero-order chi connectivity index (χ0) is 14.7. The molecule has 0 radical (unpaired) electrons. The fraction of sp³-hybridized carbons (Fsp3) is 0.429. The first-order valence-electron chi connectivity index (χ1n) is 6.58. The van der Waals surface area contributed by atoms with Crippen LogP contribution < -0.4 is 10.2 Å². The summed E-state index contributed by atoms with van der Waals surface area (Å²) < 4.78 is 27.1. The number of amides is 2. The number of nitrogens with zero attached hydrogens (tertiary/aromatic N) is 1. The second kappa shape index (κ2) is 5.98. The van der Waals surface area contributed by atoms with Crippen molar-refractivity contribution in [2.75, 3.05) is 11.4 Å². The summed E-state index contributed by atoms with van der Waals surface area (Å²) in [4.78, 5) is 25.1. The minimum atomic E-state index is -0.683. The molecule has 0 spiro atoms. The van der Waals surface area contributed by atoms with Crippen LogP contribution in [0.5, 0.6) is 0 Å². The summed E-state index contributed by atoms with van der Waals surface area (Å²) in [5.74, 6) is -1.95. The highest BCUT2D eigenvalue weighted by Crippen LogP contribution is 2.23. The van der Waals surface area contributed by atoms with E-state index in [1.54, 1.807) is 0 Å². The van der Waals surface area contributed by atoms with E-state index in [0.29, 0.717) is 12.8 Å². The Balaban J connectivity index is 2.35. The van der Waals surface area contributed by atoms with E-state index in [9.17, 15) is 18.4 Å². The highest BCUT2D eigenvalue weighted by molar-refractivity contribution is 6.01. The van der Waals surface area contributed by atoms with Crippen LogP contribution in [0.15, 0.2) is 18.2 Å². The summed E-state index contributed by atoms with van der Waals surface area (Å²) >= 11 is 0. The summed E-state index contributed by atoms with van der Waals surface area (Å²) in [7, 11) is 0. The molecule has 2 rings (SSSR count). The van der Waals surface area contributed by atoms with Gasteiger partial charge < -0.3 is 10.2 Å². The predicted molar refractivity (Wildman–Crippen MR) is 70.2 cm³/mol. The second-order valence-corrected chi connectivity index (χ2v) is 4.74. The number of carbonyl (C=O) groups excluding carboxylic acids is 2. The molecule has 1 N–H and O–H groups in total. The summed E-state index contributed by atoms with van der Waals surface area (Å²) in [6, 6.07) is 2.27. The minimum absolute atomic E-state index is 0.0469. The van der Waals surface area contributed by atoms with Crippen LogP contribution in [0.1, 0.15) is 26.2 Å². The van der Waals surface area contributed by atoms with Gasteiger partial charge in [0.15, 0.2) is 0 Å². The number of hydrogen-bond donors (Lipinski definition) is 1. The van der Waals surface area contributed by atoms with Gasteiger partial charge in [0.05, 0.1) is 5.69 Å². The quantitative estimate of drug-likeness (QED) is 0.921. The number of anilines is 1. The van der Waals surface area contributed by atoms with E-state index in [1.165, 1.54) is 0 Å². The van der Waals surface area contributed by atoms with Crippen LogP contribution in [-0.2, 0) is 9.59 Å². The van der Waals surface area contributed by atoms with Crippen molar-refractivity contribution in [3.8, 4) is 0 Å². The van der Waals surface area contributed by atoms with Crippen molar-refractivity contribution >= 4 is 17.5 Å². The minimum Gasteiger partial charge on any atom is -0.344 e. The van der Waals surface area contributed by atoms with E-state index in [4.69, 9.17) is 0 Å². The number of nitrogens with one attached hydrogen (secondary N) is 1. The van der Waals surface area contributed by atoms with Crippen LogP contribution in [0.3, 0.4) is 0 Å². The molecule has 1 saturated heterocycles. The van der Waals surface area contributed by atoms with E-state index in [0.717, 1.165) is 23.1 Å². The molecular weight excluding hydrogens is 266 g/mol. The Morgan fingerprint density at radius 2 is 2.10 bits per heavy atom. The number of rotatable bonds is 3. The van der Waals surface area contributed by atoms with Crippen molar-refractivity contribution in [3.63, 3.8) is 0 Å². The third kappa shape index (κ3) is 2.95. The zero-order valence-electron chi connectivity index (χ0n) is 11.2. The maximum Gasteiger partial charge on any atom is 0.249 e. The van der Waals surface area contributed by atoms with Crippen molar-refractivity contribution in [2.24, 2.45) is 0 Å². The summed E-state index contributed by atoms with van der Waals surface area (Å²) in [6.45, 7) is 1.93. The topological polar surface area (TPSA) is 49.4 Å². The van der Waals surface area contributed by atoms with Gasteiger partial charge in [-0.15, -0.1) is 0 Å². The molecule has 0 bridgehead atoms. The van der Waals surface area contributed by atoms with Gasteiger partial charge in [-0.3, -0.25) is 9.59 Å². The van der Waals surface area contributed by atoms with Crippen molar-refractivity contribution in [2.45, 2.75) is 32.2 Å².